The highest BCUT2D eigenvalue weighted by atomic mass is 79.9. The van der Waals surface area contributed by atoms with Crippen LogP contribution in [0.5, 0.6) is 5.75 Å². The maximum Gasteiger partial charge on any atom is 0.250 e. The number of phenols is 1. The van der Waals surface area contributed by atoms with Gasteiger partial charge in [0.1, 0.15) is 5.75 Å². The van der Waals surface area contributed by atoms with Gasteiger partial charge in [-0.3, -0.25) is 14.3 Å². The minimum atomic E-state index is -0.290. The van der Waals surface area contributed by atoms with E-state index in [-0.39, 0.29) is 17.4 Å². The van der Waals surface area contributed by atoms with Crippen LogP contribution in [0.4, 0.5) is 0 Å². The van der Waals surface area contributed by atoms with Gasteiger partial charge in [0, 0.05) is 28.1 Å². The maximum atomic E-state index is 12.3. The quantitative estimate of drug-likeness (QED) is 0.221. The molecule has 0 atom stereocenters. The molecule has 1 amide bonds. The predicted molar refractivity (Wildman–Crippen MR) is 127 cm³/mol. The van der Waals surface area contributed by atoms with Crippen molar-refractivity contribution in [3.05, 3.63) is 83.1 Å². The molecule has 0 aliphatic carbocycles. The molecule has 0 radical (unpaired) electrons. The van der Waals surface area contributed by atoms with Crippen LogP contribution in [0, 0.1) is 0 Å². The first-order chi connectivity index (χ1) is 15.6. The van der Waals surface area contributed by atoms with Crippen LogP contribution < -0.4 is 5.43 Å². The summed E-state index contributed by atoms with van der Waals surface area (Å²) in [5, 5.41) is 22.6. The summed E-state index contributed by atoms with van der Waals surface area (Å²) in [6.07, 6.45) is 4.86. The zero-order chi connectivity index (χ0) is 22.3. The fourth-order valence-corrected chi connectivity index (χ4v) is 3.83. The van der Waals surface area contributed by atoms with Gasteiger partial charge >= 0.3 is 0 Å². The SMILES string of the molecule is O=C(CSc1nnc(-c2ccncc2)n1-c1ccc(Br)cc1)NN=Cc1cccc(O)c1. The lowest BCUT2D eigenvalue weighted by molar-refractivity contribution is -0.118. The standard InChI is InChI=1S/C22H17BrN6O2S/c23-17-4-6-18(7-5-17)29-21(16-8-10-24-11-9-16)27-28-22(29)32-14-20(31)26-25-13-15-2-1-3-19(30)12-15/h1-13,30H,14H2,(H,26,31). The number of hydrogen-bond donors (Lipinski definition) is 2. The van der Waals surface area contributed by atoms with Crippen LogP contribution in [0.3, 0.4) is 0 Å². The number of carbonyl (C=O) groups excluding carboxylic acids is 1. The normalized spacial score (nSPS) is 11.0. The second kappa shape index (κ2) is 10.2. The molecular formula is C22H17BrN6O2S. The topological polar surface area (TPSA) is 105 Å². The molecule has 2 N–H and O–H groups in total. The Kier molecular flexibility index (Phi) is 6.93. The van der Waals surface area contributed by atoms with E-state index in [0.29, 0.717) is 16.5 Å². The van der Waals surface area contributed by atoms with Crippen molar-refractivity contribution in [1.29, 1.82) is 0 Å². The first-order valence-electron chi connectivity index (χ1n) is 9.45. The molecule has 8 nitrogen and oxygen atoms in total. The summed E-state index contributed by atoms with van der Waals surface area (Å²) in [5.74, 6) is 0.595. The molecule has 0 spiro atoms. The first kappa shape index (κ1) is 21.7. The van der Waals surface area contributed by atoms with E-state index < -0.39 is 0 Å². The number of hydrogen-bond acceptors (Lipinski definition) is 7. The van der Waals surface area contributed by atoms with Gasteiger partial charge in [-0.15, -0.1) is 10.2 Å². The minimum Gasteiger partial charge on any atom is -0.508 e. The molecule has 0 saturated carbocycles. The average Bonchev–Trinajstić information content (AvgIpc) is 3.23. The highest BCUT2D eigenvalue weighted by molar-refractivity contribution is 9.10. The summed E-state index contributed by atoms with van der Waals surface area (Å²) in [7, 11) is 0. The Hall–Kier alpha value is -3.50. The molecule has 0 unspecified atom stereocenters. The van der Waals surface area contributed by atoms with Crippen LogP contribution in [0.15, 0.2) is 87.8 Å². The fraction of sp³-hybridized carbons (Fsp3) is 0.0455. The number of amides is 1. The van der Waals surface area contributed by atoms with Gasteiger partial charge in [0.25, 0.3) is 5.91 Å². The van der Waals surface area contributed by atoms with Crippen molar-refractivity contribution in [2.24, 2.45) is 5.10 Å². The van der Waals surface area contributed by atoms with Gasteiger partial charge in [-0.2, -0.15) is 5.10 Å². The van der Waals surface area contributed by atoms with Crippen LogP contribution in [0.1, 0.15) is 5.56 Å². The number of carbonyl (C=O) groups is 1. The lowest BCUT2D eigenvalue weighted by Crippen LogP contribution is -2.20. The van der Waals surface area contributed by atoms with E-state index in [1.165, 1.54) is 18.0 Å². The van der Waals surface area contributed by atoms with E-state index in [9.17, 15) is 9.90 Å². The molecule has 0 bridgehead atoms. The largest absolute Gasteiger partial charge is 0.508 e. The van der Waals surface area contributed by atoms with Gasteiger partial charge in [0.2, 0.25) is 0 Å². The average molecular weight is 509 g/mol. The van der Waals surface area contributed by atoms with E-state index in [4.69, 9.17) is 0 Å². The van der Waals surface area contributed by atoms with Crippen LogP contribution in [0.2, 0.25) is 0 Å². The fourth-order valence-electron chi connectivity index (χ4n) is 2.82. The molecule has 2 aromatic carbocycles. The zero-order valence-electron chi connectivity index (χ0n) is 16.6. The second-order valence-corrected chi connectivity index (χ2v) is 8.39. The molecule has 0 aliphatic rings. The molecule has 0 fully saturated rings. The number of thioether (sulfide) groups is 1. The van der Waals surface area contributed by atoms with Gasteiger partial charge < -0.3 is 5.11 Å². The molecule has 2 aromatic heterocycles. The van der Waals surface area contributed by atoms with Crippen molar-refractivity contribution in [1.82, 2.24) is 25.2 Å². The van der Waals surface area contributed by atoms with Gasteiger partial charge in [-0.25, -0.2) is 5.43 Å². The maximum absolute atomic E-state index is 12.3. The summed E-state index contributed by atoms with van der Waals surface area (Å²) < 4.78 is 2.85. The number of halogens is 1. The number of phenolic OH excluding ortho intramolecular Hbond substituents is 1. The van der Waals surface area contributed by atoms with E-state index in [0.717, 1.165) is 15.7 Å². The van der Waals surface area contributed by atoms with E-state index in [1.54, 1.807) is 36.7 Å². The van der Waals surface area contributed by atoms with Gasteiger partial charge in [0.05, 0.1) is 12.0 Å². The Morgan fingerprint density at radius 3 is 2.66 bits per heavy atom. The molecule has 160 valence electrons. The van der Waals surface area contributed by atoms with Crippen LogP contribution in [-0.4, -0.2) is 42.7 Å². The first-order valence-corrected chi connectivity index (χ1v) is 11.2. The van der Waals surface area contributed by atoms with Gasteiger partial charge in [-0.05, 0) is 54.1 Å². The summed E-state index contributed by atoms with van der Waals surface area (Å²) in [5.41, 5.74) is 4.89. The third-order valence-electron chi connectivity index (χ3n) is 4.26. The van der Waals surface area contributed by atoms with Gasteiger partial charge in [-0.1, -0.05) is 39.8 Å². The van der Waals surface area contributed by atoms with E-state index in [1.807, 2.05) is 41.0 Å². The molecule has 4 rings (SSSR count). The summed E-state index contributed by atoms with van der Waals surface area (Å²) in [6.45, 7) is 0. The second-order valence-electron chi connectivity index (χ2n) is 6.53. The number of aromatic nitrogens is 4. The number of rotatable bonds is 7. The molecular weight excluding hydrogens is 492 g/mol. The molecule has 2 heterocycles. The molecule has 10 heteroatoms. The Morgan fingerprint density at radius 2 is 1.91 bits per heavy atom. The minimum absolute atomic E-state index is 0.0996. The molecule has 0 saturated heterocycles. The monoisotopic (exact) mass is 508 g/mol. The third kappa shape index (κ3) is 5.40. The Morgan fingerprint density at radius 1 is 1.12 bits per heavy atom. The Labute approximate surface area is 196 Å². The number of hydrazone groups is 1. The highest BCUT2D eigenvalue weighted by Gasteiger charge is 2.17. The van der Waals surface area contributed by atoms with E-state index >= 15 is 0 Å². The molecule has 0 aliphatic heterocycles. The van der Waals surface area contributed by atoms with Gasteiger partial charge in [0.15, 0.2) is 11.0 Å². The zero-order valence-corrected chi connectivity index (χ0v) is 19.0. The summed E-state index contributed by atoms with van der Waals surface area (Å²) >= 11 is 4.71. The Balaban J connectivity index is 1.50. The van der Waals surface area contributed by atoms with Crippen LogP contribution in [0.25, 0.3) is 17.1 Å². The molecule has 4 aromatic rings. The van der Waals surface area contributed by atoms with Crippen LogP contribution in [-0.2, 0) is 4.79 Å². The number of benzene rings is 2. The van der Waals surface area contributed by atoms with Crippen molar-refractivity contribution in [2.45, 2.75) is 5.16 Å². The number of nitrogens with zero attached hydrogens (tertiary/aromatic N) is 5. The smallest absolute Gasteiger partial charge is 0.250 e. The third-order valence-corrected chi connectivity index (χ3v) is 5.72. The number of aromatic hydroxyl groups is 1. The predicted octanol–water partition coefficient (Wildman–Crippen LogP) is 4.04. The van der Waals surface area contributed by atoms with Crippen molar-refractivity contribution >= 4 is 39.8 Å². The van der Waals surface area contributed by atoms with Crippen molar-refractivity contribution in [2.75, 3.05) is 5.75 Å². The summed E-state index contributed by atoms with van der Waals surface area (Å²) in [4.78, 5) is 16.3. The van der Waals surface area contributed by atoms with E-state index in [2.05, 4.69) is 41.6 Å². The molecule has 32 heavy (non-hydrogen) atoms. The summed E-state index contributed by atoms with van der Waals surface area (Å²) in [6, 6.07) is 18.1. The lowest BCUT2D eigenvalue weighted by atomic mass is 10.2. The van der Waals surface area contributed by atoms with Crippen molar-refractivity contribution < 1.29 is 9.90 Å². The highest BCUT2D eigenvalue weighted by Crippen LogP contribution is 2.28. The van der Waals surface area contributed by atoms with Crippen LogP contribution >= 0.6 is 27.7 Å². The Bertz CT molecular complexity index is 1250. The lowest BCUT2D eigenvalue weighted by Gasteiger charge is -2.10. The van der Waals surface area contributed by atoms with Crippen molar-refractivity contribution in [3.8, 4) is 22.8 Å². The van der Waals surface area contributed by atoms with Crippen molar-refractivity contribution in [3.63, 3.8) is 0 Å². The number of pyridine rings is 1. The number of nitrogens with one attached hydrogen (secondary N) is 1.